The van der Waals surface area contributed by atoms with Gasteiger partial charge in [-0.05, 0) is 26.4 Å². The highest BCUT2D eigenvalue weighted by Gasteiger charge is 2.30. The number of hydrogen-bond donors (Lipinski definition) is 1. The van der Waals surface area contributed by atoms with Crippen molar-refractivity contribution >= 4 is 0 Å². The predicted molar refractivity (Wildman–Crippen MR) is 53.7 cm³/mol. The molecule has 0 aliphatic heterocycles. The van der Waals surface area contributed by atoms with Crippen LogP contribution in [0, 0.1) is 0 Å². The van der Waals surface area contributed by atoms with Crippen LogP contribution in [0.5, 0.6) is 0 Å². The molecule has 2 nitrogen and oxygen atoms in total. The Morgan fingerprint density at radius 1 is 1.43 bits per heavy atom. The van der Waals surface area contributed by atoms with E-state index in [2.05, 4.69) is 12.2 Å². The fourth-order valence-electron chi connectivity index (χ4n) is 2.32. The molecular weight excluding hydrogens is 186 g/mol. The van der Waals surface area contributed by atoms with Gasteiger partial charge in [0.05, 0.1) is 6.54 Å². The summed E-state index contributed by atoms with van der Waals surface area (Å²) in [7, 11) is 1.80. The first-order valence-electron chi connectivity index (χ1n) is 5.37. The first-order chi connectivity index (χ1) is 6.65. The van der Waals surface area contributed by atoms with Crippen molar-refractivity contribution in [2.45, 2.75) is 44.7 Å². The monoisotopic (exact) mass is 206 g/mol. The minimum absolute atomic E-state index is 0.105. The summed E-state index contributed by atoms with van der Waals surface area (Å²) in [5.74, 6) is 0. The van der Waals surface area contributed by atoms with Crippen molar-refractivity contribution in [3.05, 3.63) is 0 Å². The summed E-state index contributed by atoms with van der Waals surface area (Å²) < 4.78 is 24.4. The van der Waals surface area contributed by atoms with Crippen molar-refractivity contribution in [2.75, 3.05) is 20.1 Å². The molecule has 84 valence electrons. The summed E-state index contributed by atoms with van der Waals surface area (Å²) in [4.78, 5) is 1.80. The normalized spacial score (nSPS) is 27.9. The second-order valence-corrected chi connectivity index (χ2v) is 3.99. The van der Waals surface area contributed by atoms with E-state index in [1.807, 2.05) is 0 Å². The van der Waals surface area contributed by atoms with Crippen LogP contribution in [0.3, 0.4) is 0 Å². The number of nitrogens with one attached hydrogen (secondary N) is 1. The van der Waals surface area contributed by atoms with Crippen molar-refractivity contribution in [3.63, 3.8) is 0 Å². The second kappa shape index (κ2) is 5.61. The molecule has 0 bridgehead atoms. The van der Waals surface area contributed by atoms with E-state index in [1.165, 1.54) is 0 Å². The lowest BCUT2D eigenvalue weighted by Gasteiger charge is -2.29. The van der Waals surface area contributed by atoms with Crippen molar-refractivity contribution in [1.82, 2.24) is 10.2 Å². The number of halogens is 2. The van der Waals surface area contributed by atoms with Gasteiger partial charge < -0.3 is 5.32 Å². The molecule has 0 radical (unpaired) electrons. The molecule has 1 fully saturated rings. The lowest BCUT2D eigenvalue weighted by molar-refractivity contribution is 0.0756. The Labute approximate surface area is 84.7 Å². The molecule has 1 aliphatic carbocycles. The van der Waals surface area contributed by atoms with Gasteiger partial charge in [0.2, 0.25) is 0 Å². The van der Waals surface area contributed by atoms with Gasteiger partial charge in [-0.1, -0.05) is 13.3 Å². The molecule has 1 N–H and O–H groups in total. The van der Waals surface area contributed by atoms with E-state index in [9.17, 15) is 8.78 Å². The maximum atomic E-state index is 12.2. The highest BCUT2D eigenvalue weighted by atomic mass is 19.3. The summed E-state index contributed by atoms with van der Waals surface area (Å²) in [5, 5.41) is 3.36. The Morgan fingerprint density at radius 2 is 2.14 bits per heavy atom. The average Bonchev–Trinajstić information content (AvgIpc) is 2.51. The maximum absolute atomic E-state index is 12.2. The highest BCUT2D eigenvalue weighted by Crippen LogP contribution is 2.23. The highest BCUT2D eigenvalue weighted by molar-refractivity contribution is 4.89. The quantitative estimate of drug-likeness (QED) is 0.736. The minimum Gasteiger partial charge on any atom is -0.313 e. The summed E-state index contributed by atoms with van der Waals surface area (Å²) in [6.07, 6.45) is 1.09. The summed E-state index contributed by atoms with van der Waals surface area (Å²) in [5.41, 5.74) is 0. The molecule has 14 heavy (non-hydrogen) atoms. The number of likely N-dealkylation sites (N-methyl/N-ethyl adjacent to an activating group) is 2. The van der Waals surface area contributed by atoms with Crippen LogP contribution in [0.25, 0.3) is 0 Å². The van der Waals surface area contributed by atoms with Gasteiger partial charge in [0.25, 0.3) is 6.43 Å². The molecule has 2 unspecified atom stereocenters. The SMILES string of the molecule is CCNC1CCCC1N(C)CC(F)F. The van der Waals surface area contributed by atoms with Crippen LogP contribution in [-0.2, 0) is 0 Å². The van der Waals surface area contributed by atoms with Gasteiger partial charge in [-0.3, -0.25) is 4.90 Å². The van der Waals surface area contributed by atoms with Gasteiger partial charge in [0, 0.05) is 12.1 Å². The molecule has 0 aromatic rings. The molecule has 1 rings (SSSR count). The molecule has 0 aromatic heterocycles. The van der Waals surface area contributed by atoms with Crippen molar-refractivity contribution < 1.29 is 8.78 Å². The first-order valence-corrected chi connectivity index (χ1v) is 5.37. The zero-order valence-electron chi connectivity index (χ0n) is 8.97. The van der Waals surface area contributed by atoms with Crippen LogP contribution in [0.2, 0.25) is 0 Å². The Bertz CT molecular complexity index is 164. The Balaban J connectivity index is 2.40. The van der Waals surface area contributed by atoms with Crippen LogP contribution >= 0.6 is 0 Å². The van der Waals surface area contributed by atoms with Crippen LogP contribution in [0.4, 0.5) is 8.78 Å². The Hall–Kier alpha value is -0.220. The average molecular weight is 206 g/mol. The van der Waals surface area contributed by atoms with E-state index < -0.39 is 6.43 Å². The van der Waals surface area contributed by atoms with E-state index in [-0.39, 0.29) is 6.54 Å². The van der Waals surface area contributed by atoms with E-state index in [0.717, 1.165) is 25.8 Å². The van der Waals surface area contributed by atoms with Crippen LogP contribution in [0.15, 0.2) is 0 Å². The minimum atomic E-state index is -2.22. The van der Waals surface area contributed by atoms with Gasteiger partial charge in [0.15, 0.2) is 0 Å². The third kappa shape index (κ3) is 3.17. The molecule has 1 saturated carbocycles. The molecule has 2 atom stereocenters. The van der Waals surface area contributed by atoms with Gasteiger partial charge in [0.1, 0.15) is 0 Å². The van der Waals surface area contributed by atoms with Gasteiger partial charge in [-0.2, -0.15) is 0 Å². The largest absolute Gasteiger partial charge is 0.313 e. The zero-order valence-corrected chi connectivity index (χ0v) is 8.97. The molecule has 1 aliphatic rings. The van der Waals surface area contributed by atoms with Crippen LogP contribution in [0.1, 0.15) is 26.2 Å². The lowest BCUT2D eigenvalue weighted by Crippen LogP contribution is -2.46. The predicted octanol–water partition coefficient (Wildman–Crippen LogP) is 1.71. The lowest BCUT2D eigenvalue weighted by atomic mass is 10.1. The fourth-order valence-corrected chi connectivity index (χ4v) is 2.32. The smallest absolute Gasteiger partial charge is 0.251 e. The Kier molecular flexibility index (Phi) is 4.75. The first kappa shape index (κ1) is 11.9. The number of rotatable bonds is 5. The molecule has 0 spiro atoms. The topological polar surface area (TPSA) is 15.3 Å². The fraction of sp³-hybridized carbons (Fsp3) is 1.00. The number of nitrogens with zero attached hydrogens (tertiary/aromatic N) is 1. The van der Waals surface area contributed by atoms with Gasteiger partial charge in [-0.15, -0.1) is 0 Å². The maximum Gasteiger partial charge on any atom is 0.251 e. The number of alkyl halides is 2. The van der Waals surface area contributed by atoms with E-state index in [1.54, 1.807) is 11.9 Å². The third-order valence-electron chi connectivity index (χ3n) is 2.94. The standard InChI is InChI=1S/C10H20F2N2/c1-3-13-8-5-4-6-9(8)14(2)7-10(11)12/h8-10,13H,3-7H2,1-2H3. The van der Waals surface area contributed by atoms with Gasteiger partial charge >= 0.3 is 0 Å². The van der Waals surface area contributed by atoms with Crippen LogP contribution in [-0.4, -0.2) is 43.5 Å². The van der Waals surface area contributed by atoms with E-state index in [0.29, 0.717) is 12.1 Å². The zero-order chi connectivity index (χ0) is 10.6. The van der Waals surface area contributed by atoms with Crippen molar-refractivity contribution in [3.8, 4) is 0 Å². The molecule has 0 aromatic carbocycles. The summed E-state index contributed by atoms with van der Waals surface area (Å²) in [6.45, 7) is 2.87. The van der Waals surface area contributed by atoms with Crippen molar-refractivity contribution in [1.29, 1.82) is 0 Å². The third-order valence-corrected chi connectivity index (χ3v) is 2.94. The molecule has 0 heterocycles. The molecule has 0 saturated heterocycles. The van der Waals surface area contributed by atoms with Crippen LogP contribution < -0.4 is 5.32 Å². The van der Waals surface area contributed by atoms with E-state index >= 15 is 0 Å². The summed E-state index contributed by atoms with van der Waals surface area (Å²) in [6, 6.07) is 0.702. The van der Waals surface area contributed by atoms with Crippen molar-refractivity contribution in [2.24, 2.45) is 0 Å². The molecule has 0 amide bonds. The Morgan fingerprint density at radius 3 is 2.71 bits per heavy atom. The van der Waals surface area contributed by atoms with E-state index in [4.69, 9.17) is 0 Å². The summed E-state index contributed by atoms with van der Waals surface area (Å²) >= 11 is 0. The van der Waals surface area contributed by atoms with Gasteiger partial charge in [-0.25, -0.2) is 8.78 Å². The molecular formula is C10H20F2N2. The second-order valence-electron chi connectivity index (χ2n) is 3.99. The number of hydrogen-bond acceptors (Lipinski definition) is 2. The molecule has 4 heteroatoms.